The number of amides is 2. The predicted molar refractivity (Wildman–Crippen MR) is 80.2 cm³/mol. The highest BCUT2D eigenvalue weighted by atomic mass is 35.5. The van der Waals surface area contributed by atoms with E-state index in [1.165, 1.54) is 0 Å². The van der Waals surface area contributed by atoms with E-state index in [4.69, 9.17) is 11.6 Å². The standard InChI is InChI=1S/C15H19ClN2O3/c1-10(2)15(21)8-18(9-15)13(19)7-17-14(20)11-3-5-12(16)6-4-11/h3-6,10,21H,7-9H2,1-2H3,(H,17,20). The molecule has 0 bridgehead atoms. The van der Waals surface area contributed by atoms with Gasteiger partial charge in [0, 0.05) is 10.6 Å². The Balaban J connectivity index is 1.80. The first-order chi connectivity index (χ1) is 9.82. The molecule has 0 atom stereocenters. The van der Waals surface area contributed by atoms with Crippen molar-refractivity contribution in [2.45, 2.75) is 19.4 Å². The van der Waals surface area contributed by atoms with E-state index in [9.17, 15) is 14.7 Å². The Morgan fingerprint density at radius 2 is 1.90 bits per heavy atom. The van der Waals surface area contributed by atoms with Gasteiger partial charge in [-0.25, -0.2) is 0 Å². The first-order valence-electron chi connectivity index (χ1n) is 6.86. The lowest BCUT2D eigenvalue weighted by molar-refractivity contribution is -0.162. The summed E-state index contributed by atoms with van der Waals surface area (Å²) in [7, 11) is 0. The Bertz CT molecular complexity index is 536. The molecule has 2 rings (SSSR count). The number of halogens is 1. The number of nitrogens with zero attached hydrogens (tertiary/aromatic N) is 1. The molecule has 0 radical (unpaired) electrons. The van der Waals surface area contributed by atoms with Gasteiger partial charge in [0.2, 0.25) is 5.91 Å². The summed E-state index contributed by atoms with van der Waals surface area (Å²) in [5.41, 5.74) is -0.343. The van der Waals surface area contributed by atoms with Crippen molar-refractivity contribution in [1.82, 2.24) is 10.2 Å². The van der Waals surface area contributed by atoms with Crippen LogP contribution < -0.4 is 5.32 Å². The number of hydrogen-bond acceptors (Lipinski definition) is 3. The lowest BCUT2D eigenvalue weighted by Crippen LogP contribution is -2.67. The Hall–Kier alpha value is -1.59. The minimum atomic E-state index is -0.796. The fourth-order valence-electron chi connectivity index (χ4n) is 2.13. The molecule has 1 aliphatic heterocycles. The van der Waals surface area contributed by atoms with Crippen LogP contribution in [0.1, 0.15) is 24.2 Å². The maximum absolute atomic E-state index is 11.9. The summed E-state index contributed by atoms with van der Waals surface area (Å²) >= 11 is 5.75. The third-order valence-electron chi connectivity index (χ3n) is 3.86. The summed E-state index contributed by atoms with van der Waals surface area (Å²) in [4.78, 5) is 25.3. The van der Waals surface area contributed by atoms with E-state index in [1.54, 1.807) is 29.2 Å². The number of carbonyl (C=O) groups excluding carboxylic acids is 2. The zero-order valence-corrected chi connectivity index (χ0v) is 12.9. The van der Waals surface area contributed by atoms with Gasteiger partial charge in [0.1, 0.15) is 5.60 Å². The highest BCUT2D eigenvalue weighted by molar-refractivity contribution is 6.30. The van der Waals surface area contributed by atoms with Crippen molar-refractivity contribution >= 4 is 23.4 Å². The van der Waals surface area contributed by atoms with Crippen molar-refractivity contribution in [3.05, 3.63) is 34.9 Å². The predicted octanol–water partition coefficient (Wildman–Crippen LogP) is 1.30. The summed E-state index contributed by atoms with van der Waals surface area (Å²) in [6.45, 7) is 4.41. The average molecular weight is 311 g/mol. The smallest absolute Gasteiger partial charge is 0.251 e. The van der Waals surface area contributed by atoms with E-state index in [0.29, 0.717) is 23.7 Å². The second-order valence-corrected chi connectivity index (χ2v) is 6.13. The summed E-state index contributed by atoms with van der Waals surface area (Å²) in [5.74, 6) is -0.410. The quantitative estimate of drug-likeness (QED) is 0.880. The third-order valence-corrected chi connectivity index (χ3v) is 4.12. The molecular weight excluding hydrogens is 292 g/mol. The molecule has 1 aromatic carbocycles. The Kier molecular flexibility index (Phi) is 4.54. The van der Waals surface area contributed by atoms with Gasteiger partial charge in [0.15, 0.2) is 0 Å². The molecule has 0 unspecified atom stereocenters. The first-order valence-corrected chi connectivity index (χ1v) is 7.23. The molecule has 0 saturated carbocycles. The molecule has 0 aromatic heterocycles. The van der Waals surface area contributed by atoms with Crippen LogP contribution in [0.2, 0.25) is 5.02 Å². The van der Waals surface area contributed by atoms with Crippen molar-refractivity contribution in [3.8, 4) is 0 Å². The van der Waals surface area contributed by atoms with Crippen LogP contribution in [0.5, 0.6) is 0 Å². The van der Waals surface area contributed by atoms with Gasteiger partial charge in [-0.2, -0.15) is 0 Å². The second-order valence-electron chi connectivity index (χ2n) is 5.70. The number of β-amino-alcohol motifs (C(OH)–C–C–N with tert-alkyl or cyclic N) is 1. The fraction of sp³-hybridized carbons (Fsp3) is 0.467. The molecule has 1 saturated heterocycles. The van der Waals surface area contributed by atoms with Gasteiger partial charge in [-0.1, -0.05) is 25.4 Å². The molecule has 0 spiro atoms. The van der Waals surface area contributed by atoms with Crippen molar-refractivity contribution in [3.63, 3.8) is 0 Å². The molecule has 1 fully saturated rings. The maximum Gasteiger partial charge on any atom is 0.251 e. The molecule has 0 aliphatic carbocycles. The SMILES string of the molecule is CC(C)C1(O)CN(C(=O)CNC(=O)c2ccc(Cl)cc2)C1. The molecule has 2 amide bonds. The topological polar surface area (TPSA) is 69.6 Å². The molecule has 114 valence electrons. The number of benzene rings is 1. The van der Waals surface area contributed by atoms with Gasteiger partial charge in [0.05, 0.1) is 19.6 Å². The Morgan fingerprint density at radius 1 is 1.33 bits per heavy atom. The average Bonchev–Trinajstić information content (AvgIpc) is 2.41. The van der Waals surface area contributed by atoms with E-state index < -0.39 is 5.60 Å². The van der Waals surface area contributed by atoms with Gasteiger partial charge >= 0.3 is 0 Å². The van der Waals surface area contributed by atoms with E-state index in [1.807, 2.05) is 13.8 Å². The normalized spacial score (nSPS) is 16.5. The van der Waals surface area contributed by atoms with E-state index >= 15 is 0 Å². The number of carbonyl (C=O) groups is 2. The van der Waals surface area contributed by atoms with E-state index in [2.05, 4.69) is 5.32 Å². The maximum atomic E-state index is 11.9. The molecule has 1 aromatic rings. The van der Waals surface area contributed by atoms with E-state index in [0.717, 1.165) is 0 Å². The third kappa shape index (κ3) is 3.54. The van der Waals surface area contributed by atoms with Crippen LogP contribution in [-0.2, 0) is 4.79 Å². The Labute approximate surface area is 128 Å². The first kappa shape index (κ1) is 15.8. The minimum absolute atomic E-state index is 0.0738. The van der Waals surface area contributed by atoms with Crippen LogP contribution in [0.15, 0.2) is 24.3 Å². The molecule has 1 heterocycles. The second kappa shape index (κ2) is 6.03. The van der Waals surface area contributed by atoms with Crippen LogP contribution in [0.4, 0.5) is 0 Å². The van der Waals surface area contributed by atoms with Gasteiger partial charge in [-0.05, 0) is 30.2 Å². The van der Waals surface area contributed by atoms with Crippen molar-refractivity contribution in [1.29, 1.82) is 0 Å². The van der Waals surface area contributed by atoms with Crippen molar-refractivity contribution in [2.24, 2.45) is 5.92 Å². The van der Waals surface area contributed by atoms with Gasteiger partial charge in [-0.15, -0.1) is 0 Å². The number of aliphatic hydroxyl groups is 1. The zero-order chi connectivity index (χ0) is 15.6. The van der Waals surface area contributed by atoms with Crippen LogP contribution in [-0.4, -0.2) is 47.1 Å². The molecule has 1 aliphatic rings. The lowest BCUT2D eigenvalue weighted by Gasteiger charge is -2.49. The van der Waals surface area contributed by atoms with Gasteiger partial charge < -0.3 is 15.3 Å². The number of hydrogen-bond donors (Lipinski definition) is 2. The summed E-state index contributed by atoms with van der Waals surface area (Å²) < 4.78 is 0. The molecule has 21 heavy (non-hydrogen) atoms. The van der Waals surface area contributed by atoms with Crippen LogP contribution in [0.3, 0.4) is 0 Å². The number of rotatable bonds is 4. The van der Waals surface area contributed by atoms with Gasteiger partial charge in [-0.3, -0.25) is 9.59 Å². The minimum Gasteiger partial charge on any atom is -0.386 e. The number of nitrogens with one attached hydrogen (secondary N) is 1. The highest BCUT2D eigenvalue weighted by Crippen LogP contribution is 2.28. The summed E-state index contributed by atoms with van der Waals surface area (Å²) in [6.07, 6.45) is 0. The monoisotopic (exact) mass is 310 g/mol. The molecular formula is C15H19ClN2O3. The van der Waals surface area contributed by atoms with Crippen molar-refractivity contribution < 1.29 is 14.7 Å². The van der Waals surface area contributed by atoms with Crippen LogP contribution in [0.25, 0.3) is 0 Å². The molecule has 5 nitrogen and oxygen atoms in total. The zero-order valence-electron chi connectivity index (χ0n) is 12.1. The Morgan fingerprint density at radius 3 is 2.43 bits per heavy atom. The van der Waals surface area contributed by atoms with Crippen molar-refractivity contribution in [2.75, 3.05) is 19.6 Å². The summed E-state index contributed by atoms with van der Waals surface area (Å²) in [6, 6.07) is 6.44. The fourth-order valence-corrected chi connectivity index (χ4v) is 2.25. The largest absolute Gasteiger partial charge is 0.386 e. The lowest BCUT2D eigenvalue weighted by atomic mass is 9.83. The van der Waals surface area contributed by atoms with Crippen LogP contribution in [0, 0.1) is 5.92 Å². The summed E-state index contributed by atoms with van der Waals surface area (Å²) in [5, 5.41) is 13.2. The van der Waals surface area contributed by atoms with E-state index in [-0.39, 0.29) is 24.3 Å². The highest BCUT2D eigenvalue weighted by Gasteiger charge is 2.45. The van der Waals surface area contributed by atoms with Crippen LogP contribution >= 0.6 is 11.6 Å². The van der Waals surface area contributed by atoms with Gasteiger partial charge in [0.25, 0.3) is 5.91 Å². The molecule has 6 heteroatoms. The number of likely N-dealkylation sites (tertiary alicyclic amines) is 1. The molecule has 2 N–H and O–H groups in total.